The van der Waals surface area contributed by atoms with Crippen molar-refractivity contribution in [1.82, 2.24) is 0 Å². The molecule has 0 aliphatic heterocycles. The quantitative estimate of drug-likeness (QED) is 0.212. The van der Waals surface area contributed by atoms with E-state index in [1.165, 1.54) is 0 Å². The van der Waals surface area contributed by atoms with Crippen molar-refractivity contribution in [1.29, 1.82) is 0 Å². The SMILES string of the molecule is Cl.Cl.Cl.Cl.Cl.Cl.Cl.Cl.Cl.Cl.Cl.Cl.Cl.Cl.Cl.Cl.Cl.Cl.Cl.Cl.Cl.Cl.Cl.Cl.Cl.Cl.Cl.Cl.Cl.Cl.Cl.Cl.Cl.Cl.Cl.Cl.Cl.Cl.Cl.Cl.Cl.Cl.Cl.Cl.Cl.Cl.Cl.Cl.Cl.Cl.[Cl-].[Cl-].[Cl-].[Cl-].[Cl-].[Cl-].[Cl-].[Cl-].[Cl-].[Cl-].[Cl-].[Cl-].[Cl-].[Cl-].[Cl-].[Cl-].[Cl-].[Cl-].[Cl-].[Cl-].[Cl-].[Cl-].[Cl-].[Cl-].[Cl-].[Cl-].[Cl-].[Cl-].[Cl-].[Cl-].[Cl-].[Cl-].[Cl-].[Cl-].[Cl-].[Cl-].[Cl-].[Cl-].[Cl-].[Cl-].[Cl-].[Cl-].[Cl-].[Cl-].[Cl-].[Cl-].[Cl-].[Cl-].[Cl-].[Cl-].[Zn+2].[Zn+2].[Zn+2].[Zn+2].[Zn+2].[Zn+2].[Zn+2].[Zn+2].[Zn+2].[Zn+2].[Zn+2].[Zn+2].[Zn+2].[Zn+2].[Zn+2].[Zn+2].[Zn+2].[Zn+2].[Zn+2].[Zn+2].[Zn+2].[Zn+2].[Zn+2].[Zn+2].[Zn+2]. The number of halogens is 100. The Bertz CT molecular complexity index is 90.2. The Kier molecular flexibility index (Phi) is 46200. The Hall–Kier alpha value is 44.6. The Labute approximate surface area is 1690 Å². The first-order chi connectivity index (χ1) is 0. The normalized spacial score (nSPS) is 0. The molecular weight excluding hydrogens is 5180 g/mol. The minimum atomic E-state index is 0. The predicted molar refractivity (Wildman–Crippen MR) is 362 cm³/mol. The maximum absolute atomic E-state index is 0. The number of rotatable bonds is 0. The molecule has 0 bridgehead atoms. The number of hydrogen-bond acceptors (Lipinski definition) is 0. The summed E-state index contributed by atoms with van der Waals surface area (Å²) in [6, 6.07) is 0. The maximum Gasteiger partial charge on any atom is 2.00 e. The van der Waals surface area contributed by atoms with E-state index in [1.807, 2.05) is 0 Å². The van der Waals surface area contributed by atoms with Crippen molar-refractivity contribution in [2.75, 3.05) is 0 Å². The van der Waals surface area contributed by atoms with E-state index >= 15 is 0 Å². The van der Waals surface area contributed by atoms with E-state index in [1.54, 1.807) is 0 Å². The van der Waals surface area contributed by atoms with Crippen molar-refractivity contribution in [3.63, 3.8) is 0 Å². The van der Waals surface area contributed by atoms with Gasteiger partial charge in [-0.2, -0.15) is 0 Å². The molecule has 0 nitrogen and oxygen atoms in total. The Morgan fingerprint density at radius 2 is 0.0240 bits per heavy atom. The summed E-state index contributed by atoms with van der Waals surface area (Å²) < 4.78 is 0. The summed E-state index contributed by atoms with van der Waals surface area (Å²) in [7, 11) is 0. The first-order valence-electron chi connectivity index (χ1n) is 0. The van der Waals surface area contributed by atoms with E-state index < -0.39 is 0 Å². The molecule has 0 aromatic heterocycles. The zero-order valence-corrected chi connectivity index (χ0v) is 210. The van der Waals surface area contributed by atoms with Crippen molar-refractivity contribution in [3.05, 3.63) is 0 Å². The summed E-state index contributed by atoms with van der Waals surface area (Å²) in [6.45, 7) is 0. The van der Waals surface area contributed by atoms with E-state index in [0.717, 1.165) is 0 Å². The fourth-order valence-electron chi connectivity index (χ4n) is 0. The van der Waals surface area contributed by atoms with Crippen molar-refractivity contribution in [2.24, 2.45) is 0 Å². The van der Waals surface area contributed by atoms with Crippen molar-refractivity contribution in [2.45, 2.75) is 0 Å². The minimum Gasteiger partial charge on any atom is -1.00 e. The molecule has 0 aliphatic rings. The van der Waals surface area contributed by atoms with Gasteiger partial charge in [0.05, 0.1) is 0 Å². The largest absolute Gasteiger partial charge is 2.00 e. The molecule has 0 unspecified atom stereocenters. The van der Waals surface area contributed by atoms with Gasteiger partial charge in [-0.3, -0.25) is 0 Å². The van der Waals surface area contributed by atoms with Crippen LogP contribution < -0.4 is 620 Å². The third kappa shape index (κ3) is 2350. The molecule has 0 radical (unpaired) electrons. The molecule has 0 aliphatic carbocycles. The van der Waals surface area contributed by atoms with Gasteiger partial charge in [0, 0.05) is 0 Å². The summed E-state index contributed by atoms with van der Waals surface area (Å²) in [5.41, 5.74) is 0. The van der Waals surface area contributed by atoms with Gasteiger partial charge in [-0.15, -0.1) is 620 Å². The van der Waals surface area contributed by atoms with Crippen molar-refractivity contribution >= 4 is 620 Å². The zero-order valence-electron chi connectivity index (χ0n) is 57.0. The van der Waals surface area contributed by atoms with Gasteiger partial charge in [0.25, 0.3) is 0 Å². The monoisotopic (exact) mass is 5150 g/mol. The first-order valence-corrected chi connectivity index (χ1v) is 0. The molecule has 800 valence electrons. The molecule has 0 atom stereocenters. The summed E-state index contributed by atoms with van der Waals surface area (Å²) in [5.74, 6) is 0. The smallest absolute Gasteiger partial charge is 1.00 e. The molecule has 0 fully saturated rings. The van der Waals surface area contributed by atoms with Gasteiger partial charge in [0.2, 0.25) is 0 Å². The van der Waals surface area contributed by atoms with E-state index in [4.69, 9.17) is 0 Å². The Morgan fingerprint density at radius 3 is 0.0240 bits per heavy atom. The number of hydrogen-bond donors (Lipinski definition) is 0. The molecule has 0 rings (SSSR count). The topological polar surface area (TPSA) is 0 Å². The molecule has 0 spiro atoms. The molecule has 0 aromatic rings. The van der Waals surface area contributed by atoms with Gasteiger partial charge in [-0.1, -0.05) is 0 Å². The first kappa shape index (κ1) is 2420. The maximum atomic E-state index is 0. The van der Waals surface area contributed by atoms with Crippen LogP contribution in [0.3, 0.4) is 0 Å². The van der Waals surface area contributed by atoms with Crippen LogP contribution in [-0.4, -0.2) is 0 Å². The van der Waals surface area contributed by atoms with Crippen LogP contribution in [0.4, 0.5) is 0 Å². The van der Waals surface area contributed by atoms with Gasteiger partial charge in [0.15, 0.2) is 0 Å². The average Bonchev–Trinajstić information content (AvgIpc) is 0. The summed E-state index contributed by atoms with van der Waals surface area (Å²) in [4.78, 5) is 0. The fraction of sp³-hybridized carbons (Fsp3) is 0. The van der Waals surface area contributed by atoms with Crippen LogP contribution in [0.15, 0.2) is 0 Å². The van der Waals surface area contributed by atoms with E-state index in [0.29, 0.717) is 0 Å². The predicted octanol–water partition coefficient (Wildman–Crippen LogP) is -129. The molecular formula is H50Cl100Zn25. The van der Waals surface area contributed by atoms with Crippen LogP contribution in [-0.2, 0) is 487 Å². The van der Waals surface area contributed by atoms with Crippen LogP contribution in [0, 0.1) is 0 Å². The molecule has 0 saturated heterocycles. The summed E-state index contributed by atoms with van der Waals surface area (Å²) in [5, 5.41) is 0. The Balaban J connectivity index is 0. The molecule has 0 heterocycles. The van der Waals surface area contributed by atoms with Gasteiger partial charge in [-0.25, -0.2) is 0 Å². The third-order valence-electron chi connectivity index (χ3n) is 0. The van der Waals surface area contributed by atoms with E-state index in [2.05, 4.69) is 0 Å². The summed E-state index contributed by atoms with van der Waals surface area (Å²) in [6.07, 6.45) is 0. The second-order valence-electron chi connectivity index (χ2n) is 0. The standard InChI is InChI=1S/100ClH.25Zn/h100*1H;;;;;;;;;;;;;;;;;;;;;;;;;/q;;;;;;;;;;;;;;;;;;;;;;;;;;;;;;;;;;;;;;;;;;;;;;;;;;;;;;;;;;;;;;;;;;;;;;;;;;;;;;;;;;;;;;;;;;;;;;;;;;;;25*+2/p-50. The molecule has 0 aromatic carbocycles. The second kappa shape index (κ2) is 2380. The van der Waals surface area contributed by atoms with Crippen molar-refractivity contribution < 1.29 is 1110 Å². The molecule has 0 saturated carbocycles. The molecule has 125 heteroatoms. The van der Waals surface area contributed by atoms with Crippen LogP contribution in [0.1, 0.15) is 0 Å². The van der Waals surface area contributed by atoms with Gasteiger partial charge < -0.3 is 620 Å². The van der Waals surface area contributed by atoms with Crippen LogP contribution >= 0.6 is 620 Å². The fourth-order valence-corrected chi connectivity index (χ4v) is 0. The van der Waals surface area contributed by atoms with Crippen LogP contribution in [0.2, 0.25) is 0 Å². The van der Waals surface area contributed by atoms with E-state index in [9.17, 15) is 0 Å². The van der Waals surface area contributed by atoms with Gasteiger partial charge in [-0.05, 0) is 0 Å². The second-order valence-corrected chi connectivity index (χ2v) is 0. The summed E-state index contributed by atoms with van der Waals surface area (Å²) >= 11 is 0. The Morgan fingerprint density at radius 1 is 0.0240 bits per heavy atom. The van der Waals surface area contributed by atoms with Crippen LogP contribution in [0.5, 0.6) is 0 Å². The molecule has 0 amide bonds. The molecule has 125 heavy (non-hydrogen) atoms. The van der Waals surface area contributed by atoms with Gasteiger partial charge >= 0.3 is 487 Å². The van der Waals surface area contributed by atoms with E-state index in [-0.39, 0.29) is 1730 Å². The molecule has 0 N–H and O–H groups in total. The van der Waals surface area contributed by atoms with Gasteiger partial charge in [0.1, 0.15) is 0 Å². The minimum absolute atomic E-state index is 0. The van der Waals surface area contributed by atoms with Crippen LogP contribution in [0.25, 0.3) is 0 Å². The third-order valence-corrected chi connectivity index (χ3v) is 0. The zero-order chi connectivity index (χ0) is 0. The van der Waals surface area contributed by atoms with Crippen molar-refractivity contribution in [3.8, 4) is 0 Å². The average molecular weight is 5230 g/mol.